The van der Waals surface area contributed by atoms with Gasteiger partial charge in [-0.3, -0.25) is 4.90 Å². The van der Waals surface area contributed by atoms with E-state index in [1.165, 1.54) is 0 Å². The second-order valence-corrected chi connectivity index (χ2v) is 6.19. The fourth-order valence-electron chi connectivity index (χ4n) is 2.11. The van der Waals surface area contributed by atoms with Gasteiger partial charge in [-0.25, -0.2) is 4.79 Å². The average molecular weight is 270 g/mol. The first-order valence-corrected chi connectivity index (χ1v) is 6.70. The molecule has 1 fully saturated rings. The molecule has 0 aromatic rings. The molecule has 0 aliphatic carbocycles. The summed E-state index contributed by atoms with van der Waals surface area (Å²) in [7, 11) is 0. The van der Waals surface area contributed by atoms with E-state index in [0.29, 0.717) is 13.1 Å². The highest BCUT2D eigenvalue weighted by molar-refractivity contribution is 5.68. The number of ether oxygens (including phenoxy) is 1. The number of aliphatic hydroxyl groups is 1. The molecule has 5 nitrogen and oxygen atoms in total. The molecule has 0 aromatic carbocycles. The summed E-state index contributed by atoms with van der Waals surface area (Å²) in [4.78, 5) is 15.8. The van der Waals surface area contributed by atoms with Gasteiger partial charge >= 0.3 is 6.09 Å². The molecule has 0 saturated carbocycles. The Bertz CT molecular complexity index is 336. The number of rotatable bonds is 3. The van der Waals surface area contributed by atoms with Crippen LogP contribution < -0.4 is 0 Å². The van der Waals surface area contributed by atoms with Crippen molar-refractivity contribution >= 4 is 6.09 Å². The molecule has 0 radical (unpaired) electrons. The van der Waals surface area contributed by atoms with E-state index in [9.17, 15) is 9.90 Å². The van der Waals surface area contributed by atoms with Gasteiger partial charge in [0.2, 0.25) is 0 Å². The van der Waals surface area contributed by atoms with Crippen LogP contribution >= 0.6 is 0 Å². The molecular formula is C14H26N2O3. The van der Waals surface area contributed by atoms with Crippen LogP contribution in [-0.4, -0.2) is 65.4 Å². The van der Waals surface area contributed by atoms with Crippen LogP contribution in [0.4, 0.5) is 4.79 Å². The molecule has 1 heterocycles. The number of piperazine rings is 1. The van der Waals surface area contributed by atoms with E-state index in [4.69, 9.17) is 4.74 Å². The lowest BCUT2D eigenvalue weighted by Crippen LogP contribution is -2.57. The average Bonchev–Trinajstić information content (AvgIpc) is 2.26. The zero-order valence-corrected chi connectivity index (χ0v) is 12.5. The van der Waals surface area contributed by atoms with Crippen LogP contribution in [-0.2, 0) is 4.74 Å². The highest BCUT2D eigenvalue weighted by Crippen LogP contribution is 2.15. The smallest absolute Gasteiger partial charge is 0.410 e. The van der Waals surface area contributed by atoms with Gasteiger partial charge in [-0.15, -0.1) is 0 Å². The Kier molecular flexibility index (Phi) is 5.38. The highest BCUT2D eigenvalue weighted by atomic mass is 16.6. The maximum absolute atomic E-state index is 12.0. The number of carbonyl (C=O) groups is 1. The molecule has 0 bridgehead atoms. The van der Waals surface area contributed by atoms with Gasteiger partial charge in [-0.05, 0) is 27.7 Å². The minimum atomic E-state index is -0.485. The van der Waals surface area contributed by atoms with Crippen LogP contribution in [0.5, 0.6) is 0 Å². The zero-order valence-electron chi connectivity index (χ0n) is 12.5. The van der Waals surface area contributed by atoms with Gasteiger partial charge in [0.15, 0.2) is 0 Å². The number of hydrogen-bond donors (Lipinski definition) is 1. The molecule has 0 spiro atoms. The summed E-state index contributed by atoms with van der Waals surface area (Å²) in [6.07, 6.45) is -0.305. The Balaban J connectivity index is 2.58. The Morgan fingerprint density at radius 2 is 2.05 bits per heavy atom. The van der Waals surface area contributed by atoms with Crippen molar-refractivity contribution in [3.63, 3.8) is 0 Å². The zero-order chi connectivity index (χ0) is 14.6. The third-order valence-electron chi connectivity index (χ3n) is 2.94. The fraction of sp³-hybridized carbons (Fsp3) is 0.786. The summed E-state index contributed by atoms with van der Waals surface area (Å²) in [6, 6.07) is -0.0435. The van der Waals surface area contributed by atoms with E-state index >= 15 is 0 Å². The first-order chi connectivity index (χ1) is 8.73. The summed E-state index contributed by atoms with van der Waals surface area (Å²) in [5.74, 6) is 0. The molecule has 0 aromatic heterocycles. The normalized spacial score (nSPS) is 21.3. The van der Waals surface area contributed by atoms with E-state index in [1.807, 2.05) is 27.7 Å². The second-order valence-electron chi connectivity index (χ2n) is 6.19. The third-order valence-corrected chi connectivity index (χ3v) is 2.94. The molecule has 1 amide bonds. The van der Waals surface area contributed by atoms with Crippen LogP contribution in [0.2, 0.25) is 0 Å². The Hall–Kier alpha value is -1.07. The van der Waals surface area contributed by atoms with E-state index in [2.05, 4.69) is 11.5 Å². The van der Waals surface area contributed by atoms with Gasteiger partial charge in [0, 0.05) is 26.2 Å². The molecular weight excluding hydrogens is 244 g/mol. The monoisotopic (exact) mass is 270 g/mol. The van der Waals surface area contributed by atoms with Crippen molar-refractivity contribution in [1.82, 2.24) is 9.80 Å². The van der Waals surface area contributed by atoms with Gasteiger partial charge in [-0.1, -0.05) is 12.2 Å². The molecule has 1 aliphatic heterocycles. The standard InChI is InChI=1S/C14H26N2O3/c1-11(2)8-15-6-7-16(9-12(15)10-17)13(18)19-14(3,4)5/h12,17H,1,6-10H2,2-5H3/t12-/m0/s1. The maximum Gasteiger partial charge on any atom is 0.410 e. The first-order valence-electron chi connectivity index (χ1n) is 6.70. The van der Waals surface area contributed by atoms with Crippen molar-refractivity contribution in [3.05, 3.63) is 12.2 Å². The predicted octanol–water partition coefficient (Wildman–Crippen LogP) is 1.48. The lowest BCUT2D eigenvalue weighted by atomic mass is 10.1. The van der Waals surface area contributed by atoms with E-state index in [1.54, 1.807) is 4.90 Å². The molecule has 5 heteroatoms. The van der Waals surface area contributed by atoms with Gasteiger partial charge in [-0.2, -0.15) is 0 Å². The first kappa shape index (κ1) is 16.0. The van der Waals surface area contributed by atoms with Crippen molar-refractivity contribution in [3.8, 4) is 0 Å². The summed E-state index contributed by atoms with van der Waals surface area (Å²) in [5.41, 5.74) is 0.574. The van der Waals surface area contributed by atoms with Crippen molar-refractivity contribution in [2.75, 3.05) is 32.8 Å². The summed E-state index contributed by atoms with van der Waals surface area (Å²) in [5, 5.41) is 9.46. The van der Waals surface area contributed by atoms with E-state index in [0.717, 1.165) is 18.7 Å². The van der Waals surface area contributed by atoms with E-state index < -0.39 is 5.60 Å². The molecule has 1 rings (SSSR count). The Morgan fingerprint density at radius 1 is 1.42 bits per heavy atom. The molecule has 1 N–H and O–H groups in total. The van der Waals surface area contributed by atoms with Crippen molar-refractivity contribution in [2.45, 2.75) is 39.3 Å². The quantitative estimate of drug-likeness (QED) is 0.789. The molecule has 110 valence electrons. The maximum atomic E-state index is 12.0. The van der Waals surface area contributed by atoms with Crippen molar-refractivity contribution in [1.29, 1.82) is 0 Å². The lowest BCUT2D eigenvalue weighted by molar-refractivity contribution is -0.00224. The van der Waals surface area contributed by atoms with Gasteiger partial charge in [0.1, 0.15) is 5.60 Å². The fourth-order valence-corrected chi connectivity index (χ4v) is 2.11. The number of amides is 1. The largest absolute Gasteiger partial charge is 0.444 e. The van der Waals surface area contributed by atoms with E-state index in [-0.39, 0.29) is 18.7 Å². The van der Waals surface area contributed by atoms with Crippen molar-refractivity contribution in [2.24, 2.45) is 0 Å². The Morgan fingerprint density at radius 3 is 2.53 bits per heavy atom. The van der Waals surface area contributed by atoms with Gasteiger partial charge in [0.25, 0.3) is 0 Å². The van der Waals surface area contributed by atoms with Crippen LogP contribution in [0.25, 0.3) is 0 Å². The summed E-state index contributed by atoms with van der Waals surface area (Å²) < 4.78 is 5.36. The minimum absolute atomic E-state index is 0.0343. The SMILES string of the molecule is C=C(C)CN1CCN(C(=O)OC(C)(C)C)C[C@H]1CO. The molecule has 0 unspecified atom stereocenters. The minimum Gasteiger partial charge on any atom is -0.444 e. The van der Waals surface area contributed by atoms with Crippen LogP contribution in [0, 0.1) is 0 Å². The predicted molar refractivity (Wildman–Crippen MR) is 75.1 cm³/mol. The van der Waals surface area contributed by atoms with Crippen LogP contribution in [0.15, 0.2) is 12.2 Å². The van der Waals surface area contributed by atoms with Crippen molar-refractivity contribution < 1.29 is 14.6 Å². The lowest BCUT2D eigenvalue weighted by Gasteiger charge is -2.41. The second kappa shape index (κ2) is 6.39. The number of hydrogen-bond acceptors (Lipinski definition) is 4. The number of aliphatic hydroxyl groups excluding tert-OH is 1. The molecule has 19 heavy (non-hydrogen) atoms. The number of carbonyl (C=O) groups excluding carboxylic acids is 1. The van der Waals surface area contributed by atoms with Crippen LogP contribution in [0.1, 0.15) is 27.7 Å². The molecule has 1 aliphatic rings. The van der Waals surface area contributed by atoms with Gasteiger partial charge < -0.3 is 14.7 Å². The highest BCUT2D eigenvalue weighted by Gasteiger charge is 2.31. The number of nitrogens with zero attached hydrogens (tertiary/aromatic N) is 2. The Labute approximate surface area is 115 Å². The summed E-state index contributed by atoms with van der Waals surface area (Å²) >= 11 is 0. The molecule has 1 saturated heterocycles. The van der Waals surface area contributed by atoms with Crippen LogP contribution in [0.3, 0.4) is 0 Å². The third kappa shape index (κ3) is 5.20. The topological polar surface area (TPSA) is 53.0 Å². The summed E-state index contributed by atoms with van der Waals surface area (Å²) in [6.45, 7) is 14.1. The van der Waals surface area contributed by atoms with Gasteiger partial charge in [0.05, 0.1) is 12.6 Å². The molecule has 1 atom stereocenters.